The largest absolute Gasteiger partial charge is 0.481 e. The number of ether oxygens (including phenoxy) is 2. The number of piperazine rings is 1. The van der Waals surface area contributed by atoms with Crippen LogP contribution in [0.5, 0.6) is 5.88 Å². The van der Waals surface area contributed by atoms with Gasteiger partial charge in [-0.05, 0) is 38.3 Å². The van der Waals surface area contributed by atoms with Crippen LogP contribution < -0.4 is 15.4 Å². The van der Waals surface area contributed by atoms with Gasteiger partial charge in [0.2, 0.25) is 17.7 Å². The zero-order chi connectivity index (χ0) is 36.0. The van der Waals surface area contributed by atoms with Gasteiger partial charge in [0, 0.05) is 51.6 Å². The molecule has 0 spiro atoms. The minimum atomic E-state index is -2.95. The maximum absolute atomic E-state index is 13.5. The summed E-state index contributed by atoms with van der Waals surface area (Å²) < 4.78 is 38.8. The first kappa shape index (κ1) is 36.0. The Labute approximate surface area is 285 Å². The van der Waals surface area contributed by atoms with Crippen LogP contribution in [0.15, 0.2) is 36.4 Å². The van der Waals surface area contributed by atoms with Crippen molar-refractivity contribution in [3.63, 3.8) is 0 Å². The van der Waals surface area contributed by atoms with Gasteiger partial charge in [0.05, 0.1) is 18.3 Å². The lowest BCUT2D eigenvalue weighted by Crippen LogP contribution is -2.56. The highest BCUT2D eigenvalue weighted by Crippen LogP contribution is 2.41. The van der Waals surface area contributed by atoms with Gasteiger partial charge >= 0.3 is 12.1 Å². The number of benzene rings is 1. The SMILES string of the molecule is CCOC(=O)N1CCN(C(=O)[C@H](CCC(=O)O)NC(=O)c2cc(OCC(=O)N3CCC[C@H]3C(=O)NC3CC3(F)F)n(-c3ccccc3)n2)CC1. The molecule has 2 saturated heterocycles. The predicted molar refractivity (Wildman–Crippen MR) is 169 cm³/mol. The Kier molecular flexibility index (Phi) is 11.2. The van der Waals surface area contributed by atoms with Gasteiger partial charge < -0.3 is 39.9 Å². The van der Waals surface area contributed by atoms with Crippen molar-refractivity contribution in [2.45, 2.75) is 63.1 Å². The standard InChI is InChI=1S/C32H39F2N7O9/c1-2-49-31(48)39-15-13-38(14-16-39)30(47)21(10-11-27(43)44)35-28(45)22-17-26(41(37-22)20-7-4-3-5-8-20)50-19-25(42)40-12-6-9-23(40)29(46)36-24-18-32(24,33)34/h3-5,7-8,17,21,23-24H,2,6,9-16,18-19H2,1H3,(H,35,45)(H,36,46)(H,43,44)/t21-,23-,24?/m0/s1. The average Bonchev–Trinajstić information content (AvgIpc) is 3.47. The summed E-state index contributed by atoms with van der Waals surface area (Å²) in [6.45, 7) is 2.26. The second-order valence-electron chi connectivity index (χ2n) is 12.1. The normalized spacial score (nSPS) is 20.1. The number of carboxylic acid groups (broad SMARTS) is 1. The molecule has 1 aromatic carbocycles. The Morgan fingerprint density at radius 1 is 1.04 bits per heavy atom. The molecular formula is C32H39F2N7O9. The summed E-state index contributed by atoms with van der Waals surface area (Å²) in [5.74, 6) is -6.69. The van der Waals surface area contributed by atoms with Crippen molar-refractivity contribution >= 4 is 35.7 Å². The molecule has 5 rings (SSSR count). The van der Waals surface area contributed by atoms with E-state index in [4.69, 9.17) is 9.47 Å². The number of alkyl halides is 2. The summed E-state index contributed by atoms with van der Waals surface area (Å²) in [5.41, 5.74) is 0.274. The van der Waals surface area contributed by atoms with E-state index in [9.17, 15) is 42.7 Å². The van der Waals surface area contributed by atoms with Gasteiger partial charge in [-0.25, -0.2) is 18.3 Å². The maximum atomic E-state index is 13.5. The van der Waals surface area contributed by atoms with E-state index in [0.29, 0.717) is 18.5 Å². The fourth-order valence-corrected chi connectivity index (χ4v) is 5.83. The molecule has 0 radical (unpaired) electrons. The number of hydrogen-bond donors (Lipinski definition) is 3. The van der Waals surface area contributed by atoms with E-state index in [1.807, 2.05) is 0 Å². The Morgan fingerprint density at radius 2 is 1.72 bits per heavy atom. The van der Waals surface area contributed by atoms with Crippen LogP contribution in [0.3, 0.4) is 0 Å². The van der Waals surface area contributed by atoms with Crippen LogP contribution in [-0.4, -0.2) is 135 Å². The first-order chi connectivity index (χ1) is 23.9. The lowest BCUT2D eigenvalue weighted by Gasteiger charge is -2.35. The van der Waals surface area contributed by atoms with Crippen molar-refractivity contribution in [1.29, 1.82) is 0 Å². The van der Waals surface area contributed by atoms with Gasteiger partial charge in [-0.15, -0.1) is 0 Å². The second-order valence-corrected chi connectivity index (χ2v) is 12.1. The number of rotatable bonds is 13. The number of carbonyl (C=O) groups is 6. The molecular weight excluding hydrogens is 664 g/mol. The lowest BCUT2D eigenvalue weighted by atomic mass is 10.1. The summed E-state index contributed by atoms with van der Waals surface area (Å²) in [4.78, 5) is 80.4. The van der Waals surface area contributed by atoms with Crippen molar-refractivity contribution in [2.75, 3.05) is 45.9 Å². The monoisotopic (exact) mass is 703 g/mol. The first-order valence-corrected chi connectivity index (χ1v) is 16.4. The summed E-state index contributed by atoms with van der Waals surface area (Å²) >= 11 is 0. The molecule has 3 heterocycles. The molecule has 5 amide bonds. The van der Waals surface area contributed by atoms with Crippen LogP contribution in [0.1, 0.15) is 49.5 Å². The Balaban J connectivity index is 1.27. The number of hydrogen-bond acceptors (Lipinski definition) is 9. The minimum Gasteiger partial charge on any atom is -0.481 e. The molecule has 2 aromatic rings. The molecule has 3 aliphatic rings. The van der Waals surface area contributed by atoms with E-state index in [2.05, 4.69) is 15.7 Å². The van der Waals surface area contributed by atoms with Crippen molar-refractivity contribution < 1.29 is 52.1 Å². The van der Waals surface area contributed by atoms with E-state index in [-0.39, 0.29) is 57.3 Å². The fraction of sp³-hybridized carbons (Fsp3) is 0.531. The van der Waals surface area contributed by atoms with Crippen LogP contribution in [0.2, 0.25) is 0 Å². The predicted octanol–water partition coefficient (Wildman–Crippen LogP) is 1.03. The Hall–Kier alpha value is -5.29. The highest BCUT2D eigenvalue weighted by atomic mass is 19.3. The number of aromatic nitrogens is 2. The van der Waals surface area contributed by atoms with E-state index >= 15 is 0 Å². The molecule has 0 bridgehead atoms. The van der Waals surface area contributed by atoms with Crippen molar-refractivity contribution in [1.82, 2.24) is 35.1 Å². The molecule has 1 aromatic heterocycles. The maximum Gasteiger partial charge on any atom is 0.409 e. The van der Waals surface area contributed by atoms with E-state index in [1.54, 1.807) is 37.3 Å². The molecule has 1 unspecified atom stereocenters. The number of para-hydroxylation sites is 1. The number of carbonyl (C=O) groups excluding carboxylic acids is 5. The highest BCUT2D eigenvalue weighted by molar-refractivity contribution is 5.96. The third-order valence-electron chi connectivity index (χ3n) is 8.64. The highest BCUT2D eigenvalue weighted by Gasteiger charge is 2.58. The molecule has 1 saturated carbocycles. The molecule has 2 aliphatic heterocycles. The number of carboxylic acids is 1. The van der Waals surface area contributed by atoms with Crippen LogP contribution in [0, 0.1) is 0 Å². The summed E-state index contributed by atoms with van der Waals surface area (Å²) in [5, 5.41) is 18.5. The second kappa shape index (κ2) is 15.5. The van der Waals surface area contributed by atoms with Gasteiger partial charge in [0.1, 0.15) is 12.1 Å². The molecule has 1 aliphatic carbocycles. The number of nitrogens with zero attached hydrogens (tertiary/aromatic N) is 5. The molecule has 50 heavy (non-hydrogen) atoms. The number of aliphatic carboxylic acids is 1. The minimum absolute atomic E-state index is 0.0176. The van der Waals surface area contributed by atoms with Crippen LogP contribution >= 0.6 is 0 Å². The number of nitrogens with one attached hydrogen (secondary N) is 2. The molecule has 3 atom stereocenters. The lowest BCUT2D eigenvalue weighted by molar-refractivity contribution is -0.140. The van der Waals surface area contributed by atoms with E-state index in [0.717, 1.165) is 0 Å². The van der Waals surface area contributed by atoms with Crippen LogP contribution in [0.25, 0.3) is 5.69 Å². The van der Waals surface area contributed by atoms with Gasteiger partial charge in [0.25, 0.3) is 17.7 Å². The number of amides is 5. The van der Waals surface area contributed by atoms with Gasteiger partial charge in [-0.2, -0.15) is 5.10 Å². The quantitative estimate of drug-likeness (QED) is 0.272. The van der Waals surface area contributed by atoms with Gasteiger partial charge in [-0.1, -0.05) is 18.2 Å². The Bertz CT molecular complexity index is 1600. The zero-order valence-electron chi connectivity index (χ0n) is 27.4. The smallest absolute Gasteiger partial charge is 0.409 e. The molecule has 270 valence electrons. The Morgan fingerprint density at radius 3 is 2.36 bits per heavy atom. The third-order valence-corrected chi connectivity index (χ3v) is 8.64. The third kappa shape index (κ3) is 8.64. The van der Waals surface area contributed by atoms with Crippen molar-refractivity contribution in [2.24, 2.45) is 0 Å². The van der Waals surface area contributed by atoms with Crippen LogP contribution in [0.4, 0.5) is 13.6 Å². The topological polar surface area (TPSA) is 193 Å². The molecule has 3 N–H and O–H groups in total. The first-order valence-electron chi connectivity index (χ1n) is 16.4. The summed E-state index contributed by atoms with van der Waals surface area (Å²) in [7, 11) is 0. The molecule has 16 nitrogen and oxygen atoms in total. The van der Waals surface area contributed by atoms with E-state index in [1.165, 1.54) is 25.4 Å². The summed E-state index contributed by atoms with van der Waals surface area (Å²) in [6.07, 6.45) is -0.753. The fourth-order valence-electron chi connectivity index (χ4n) is 5.83. The summed E-state index contributed by atoms with van der Waals surface area (Å²) in [6, 6.07) is 6.40. The molecule has 3 fully saturated rings. The number of likely N-dealkylation sites (tertiary alicyclic amines) is 1. The van der Waals surface area contributed by atoms with E-state index < -0.39 is 79.2 Å². The van der Waals surface area contributed by atoms with Crippen molar-refractivity contribution in [3.05, 3.63) is 42.1 Å². The molecule has 18 heteroatoms. The van der Waals surface area contributed by atoms with Gasteiger partial charge in [-0.3, -0.25) is 24.0 Å². The van der Waals surface area contributed by atoms with Crippen LogP contribution in [-0.2, 0) is 23.9 Å². The van der Waals surface area contributed by atoms with Crippen molar-refractivity contribution in [3.8, 4) is 11.6 Å². The average molecular weight is 704 g/mol. The zero-order valence-corrected chi connectivity index (χ0v) is 27.4. The van der Waals surface area contributed by atoms with Gasteiger partial charge in [0.15, 0.2) is 12.3 Å². The number of halogens is 2.